The molecule has 1 aromatic heterocycles. The molecule has 1 atom stereocenters. The van der Waals surface area contributed by atoms with Gasteiger partial charge < -0.3 is 4.90 Å². The molecule has 3 N–H and O–H groups in total. The molecule has 1 aromatic rings. The summed E-state index contributed by atoms with van der Waals surface area (Å²) in [6.07, 6.45) is 2.83. The summed E-state index contributed by atoms with van der Waals surface area (Å²) >= 11 is 3.56. The minimum Gasteiger partial charge on any atom is -0.308 e. The fraction of sp³-hybridized carbons (Fsp3) is 0.750. The SMILES string of the molecule is CC(C)CC(NN)c1c(Br)cnn1CCN(C)C. The molecule has 1 unspecified atom stereocenters. The molecule has 0 aromatic carbocycles. The van der Waals surface area contributed by atoms with E-state index in [1.807, 2.05) is 10.9 Å². The van der Waals surface area contributed by atoms with Crippen LogP contribution in [0.1, 0.15) is 32.0 Å². The second-order valence-electron chi connectivity index (χ2n) is 5.25. The van der Waals surface area contributed by atoms with Gasteiger partial charge in [0.25, 0.3) is 0 Å². The molecular weight excluding hydrogens is 294 g/mol. The summed E-state index contributed by atoms with van der Waals surface area (Å²) in [7, 11) is 4.12. The predicted octanol–water partition coefficient (Wildman–Crippen LogP) is 1.76. The number of likely N-dealkylation sites (N-methyl/N-ethyl adjacent to an activating group) is 1. The van der Waals surface area contributed by atoms with Crippen LogP contribution in [0.15, 0.2) is 10.7 Å². The van der Waals surface area contributed by atoms with Crippen LogP contribution in [0.5, 0.6) is 0 Å². The van der Waals surface area contributed by atoms with Gasteiger partial charge in [0.2, 0.25) is 0 Å². The molecule has 1 heterocycles. The smallest absolute Gasteiger partial charge is 0.0709 e. The summed E-state index contributed by atoms with van der Waals surface area (Å²) < 4.78 is 3.04. The van der Waals surface area contributed by atoms with E-state index in [1.54, 1.807) is 0 Å². The lowest BCUT2D eigenvalue weighted by molar-refractivity contribution is 0.353. The molecule has 0 spiro atoms. The number of hydrazine groups is 1. The van der Waals surface area contributed by atoms with Crippen molar-refractivity contribution in [3.63, 3.8) is 0 Å². The van der Waals surface area contributed by atoms with Crippen LogP contribution in [0.25, 0.3) is 0 Å². The first kappa shape index (κ1) is 15.6. The van der Waals surface area contributed by atoms with Crippen LogP contribution in [0.3, 0.4) is 0 Å². The van der Waals surface area contributed by atoms with Crippen molar-refractivity contribution in [2.45, 2.75) is 32.9 Å². The summed E-state index contributed by atoms with van der Waals surface area (Å²) in [5, 5.41) is 4.41. The minimum absolute atomic E-state index is 0.129. The molecule has 0 saturated carbocycles. The van der Waals surface area contributed by atoms with Crippen molar-refractivity contribution in [1.82, 2.24) is 20.1 Å². The lowest BCUT2D eigenvalue weighted by Gasteiger charge is -2.21. The van der Waals surface area contributed by atoms with Crippen molar-refractivity contribution in [2.24, 2.45) is 11.8 Å². The number of halogens is 1. The number of nitrogens with one attached hydrogen (secondary N) is 1. The van der Waals surface area contributed by atoms with E-state index < -0.39 is 0 Å². The van der Waals surface area contributed by atoms with Gasteiger partial charge in [-0.25, -0.2) is 0 Å². The quantitative estimate of drug-likeness (QED) is 0.594. The van der Waals surface area contributed by atoms with Crippen molar-refractivity contribution in [2.75, 3.05) is 20.6 Å². The van der Waals surface area contributed by atoms with Crippen LogP contribution in [0, 0.1) is 5.92 Å². The Morgan fingerprint density at radius 1 is 1.50 bits per heavy atom. The lowest BCUT2D eigenvalue weighted by atomic mass is 10.0. The molecule has 0 aliphatic carbocycles. The van der Waals surface area contributed by atoms with Crippen LogP contribution < -0.4 is 11.3 Å². The zero-order chi connectivity index (χ0) is 13.7. The third-order valence-electron chi connectivity index (χ3n) is 2.83. The van der Waals surface area contributed by atoms with E-state index in [1.165, 1.54) is 0 Å². The van der Waals surface area contributed by atoms with Gasteiger partial charge in [-0.3, -0.25) is 16.0 Å². The molecule has 0 bridgehead atoms. The molecular formula is C12H24BrN5. The van der Waals surface area contributed by atoms with E-state index in [4.69, 9.17) is 5.84 Å². The fourth-order valence-corrected chi connectivity index (χ4v) is 2.49. The van der Waals surface area contributed by atoms with Gasteiger partial charge in [-0.1, -0.05) is 13.8 Å². The molecule has 0 aliphatic heterocycles. The highest BCUT2D eigenvalue weighted by Gasteiger charge is 2.20. The van der Waals surface area contributed by atoms with Crippen LogP contribution in [-0.2, 0) is 6.54 Å². The first-order chi connectivity index (χ1) is 8.45. The van der Waals surface area contributed by atoms with Crippen molar-refractivity contribution in [1.29, 1.82) is 0 Å². The highest BCUT2D eigenvalue weighted by atomic mass is 79.9. The number of rotatable bonds is 7. The molecule has 104 valence electrons. The second kappa shape index (κ2) is 7.23. The van der Waals surface area contributed by atoms with E-state index >= 15 is 0 Å². The van der Waals surface area contributed by atoms with E-state index in [9.17, 15) is 0 Å². The topological polar surface area (TPSA) is 59.1 Å². The number of nitrogens with two attached hydrogens (primary N) is 1. The van der Waals surface area contributed by atoms with Gasteiger partial charge in [0, 0.05) is 6.54 Å². The fourth-order valence-electron chi connectivity index (χ4n) is 1.92. The van der Waals surface area contributed by atoms with Gasteiger partial charge in [0.1, 0.15) is 0 Å². The van der Waals surface area contributed by atoms with Gasteiger partial charge in [-0.15, -0.1) is 0 Å². The van der Waals surface area contributed by atoms with E-state index in [0.717, 1.165) is 29.7 Å². The molecule has 0 aliphatic rings. The van der Waals surface area contributed by atoms with Crippen LogP contribution in [0.2, 0.25) is 0 Å². The normalized spacial score (nSPS) is 13.6. The second-order valence-corrected chi connectivity index (χ2v) is 6.11. The average molecular weight is 318 g/mol. The zero-order valence-electron chi connectivity index (χ0n) is 11.7. The Labute approximate surface area is 118 Å². The highest BCUT2D eigenvalue weighted by Crippen LogP contribution is 2.27. The Morgan fingerprint density at radius 3 is 2.67 bits per heavy atom. The van der Waals surface area contributed by atoms with E-state index in [-0.39, 0.29) is 6.04 Å². The molecule has 5 nitrogen and oxygen atoms in total. The summed E-state index contributed by atoms with van der Waals surface area (Å²) in [6.45, 7) is 6.21. The molecule has 1 rings (SSSR count). The molecule has 6 heteroatoms. The molecule has 18 heavy (non-hydrogen) atoms. The molecule has 0 saturated heterocycles. The monoisotopic (exact) mass is 317 g/mol. The Kier molecular flexibility index (Phi) is 6.28. The molecule has 0 amide bonds. The van der Waals surface area contributed by atoms with Crippen LogP contribution in [-0.4, -0.2) is 35.3 Å². The summed E-state index contributed by atoms with van der Waals surface area (Å²) in [4.78, 5) is 2.15. The summed E-state index contributed by atoms with van der Waals surface area (Å²) in [6, 6.07) is 0.129. The maximum absolute atomic E-state index is 5.68. The third kappa shape index (κ3) is 4.35. The van der Waals surface area contributed by atoms with Crippen molar-refractivity contribution in [3.8, 4) is 0 Å². The Bertz CT molecular complexity index is 361. The molecule has 0 fully saturated rings. The third-order valence-corrected chi connectivity index (χ3v) is 3.44. The van der Waals surface area contributed by atoms with Crippen LogP contribution in [0.4, 0.5) is 0 Å². The number of hydrogen-bond acceptors (Lipinski definition) is 4. The maximum atomic E-state index is 5.68. The average Bonchev–Trinajstić information content (AvgIpc) is 2.64. The van der Waals surface area contributed by atoms with E-state index in [2.05, 4.69) is 59.3 Å². The summed E-state index contributed by atoms with van der Waals surface area (Å²) in [5.41, 5.74) is 4.03. The lowest BCUT2D eigenvalue weighted by Crippen LogP contribution is -2.32. The number of nitrogens with zero attached hydrogens (tertiary/aromatic N) is 3. The van der Waals surface area contributed by atoms with Crippen molar-refractivity contribution in [3.05, 3.63) is 16.4 Å². The predicted molar refractivity (Wildman–Crippen MR) is 78.0 cm³/mol. The van der Waals surface area contributed by atoms with Crippen molar-refractivity contribution < 1.29 is 0 Å². The number of aromatic nitrogens is 2. The van der Waals surface area contributed by atoms with Gasteiger partial charge in [0.05, 0.1) is 29.0 Å². The maximum Gasteiger partial charge on any atom is 0.0709 e. The van der Waals surface area contributed by atoms with Gasteiger partial charge in [-0.2, -0.15) is 5.10 Å². The largest absolute Gasteiger partial charge is 0.308 e. The Morgan fingerprint density at radius 2 is 2.17 bits per heavy atom. The minimum atomic E-state index is 0.129. The Hall–Kier alpha value is -0.430. The number of hydrogen-bond donors (Lipinski definition) is 2. The van der Waals surface area contributed by atoms with E-state index in [0.29, 0.717) is 5.92 Å². The summed E-state index contributed by atoms with van der Waals surface area (Å²) in [5.74, 6) is 6.26. The standard InChI is InChI=1S/C12H24BrN5/c1-9(2)7-11(16-14)12-10(13)8-15-18(12)6-5-17(3)4/h8-9,11,16H,5-7,14H2,1-4H3. The van der Waals surface area contributed by atoms with Gasteiger partial charge in [0.15, 0.2) is 0 Å². The van der Waals surface area contributed by atoms with Gasteiger partial charge in [-0.05, 0) is 42.4 Å². The first-order valence-corrected chi connectivity index (χ1v) is 7.07. The first-order valence-electron chi connectivity index (χ1n) is 6.27. The van der Waals surface area contributed by atoms with Crippen molar-refractivity contribution >= 4 is 15.9 Å². The Balaban J connectivity index is 2.87. The zero-order valence-corrected chi connectivity index (χ0v) is 13.2. The highest BCUT2D eigenvalue weighted by molar-refractivity contribution is 9.10. The van der Waals surface area contributed by atoms with Gasteiger partial charge >= 0.3 is 0 Å². The molecule has 0 radical (unpaired) electrons. The van der Waals surface area contributed by atoms with Crippen LogP contribution >= 0.6 is 15.9 Å².